The largest absolute Gasteiger partial charge is 0.335 e. The maximum Gasteiger partial charge on any atom is 0.272 e. The molecule has 1 aliphatic rings. The average molecular weight is 302 g/mol. The molecule has 1 fully saturated rings. The Morgan fingerprint density at radius 3 is 2.77 bits per heavy atom. The first-order chi connectivity index (χ1) is 10.6. The van der Waals surface area contributed by atoms with E-state index in [0.29, 0.717) is 24.3 Å². The molecule has 7 heteroatoms. The van der Waals surface area contributed by atoms with Gasteiger partial charge in [-0.25, -0.2) is 4.39 Å². The highest BCUT2D eigenvalue weighted by Gasteiger charge is 2.28. The van der Waals surface area contributed by atoms with Crippen molar-refractivity contribution >= 4 is 11.8 Å². The number of hydrogen-bond acceptors (Lipinski definition) is 3. The first-order valence-electron chi connectivity index (χ1n) is 6.95. The summed E-state index contributed by atoms with van der Waals surface area (Å²) in [6.45, 7) is 1.01. The van der Waals surface area contributed by atoms with Gasteiger partial charge >= 0.3 is 0 Å². The zero-order chi connectivity index (χ0) is 15.5. The Balaban J connectivity index is 1.64. The van der Waals surface area contributed by atoms with Crippen LogP contribution in [0.3, 0.4) is 0 Å². The van der Waals surface area contributed by atoms with Gasteiger partial charge in [-0.05, 0) is 12.1 Å². The van der Waals surface area contributed by atoms with Gasteiger partial charge in [0.2, 0.25) is 5.91 Å². The van der Waals surface area contributed by atoms with E-state index in [4.69, 9.17) is 0 Å². The number of aromatic amines is 1. The number of rotatable bonds is 3. The number of H-pyrrole nitrogens is 1. The number of nitrogens with zero attached hydrogens (tertiary/aromatic N) is 3. The SMILES string of the molecule is O=C1CN(C(=O)c2ccn[nH]2)CCN1Cc1ccccc1F. The highest BCUT2D eigenvalue weighted by Crippen LogP contribution is 2.14. The minimum Gasteiger partial charge on any atom is -0.335 e. The van der Waals surface area contributed by atoms with Gasteiger partial charge in [-0.15, -0.1) is 0 Å². The zero-order valence-electron chi connectivity index (χ0n) is 11.8. The van der Waals surface area contributed by atoms with Crippen LogP contribution in [0.5, 0.6) is 0 Å². The monoisotopic (exact) mass is 302 g/mol. The summed E-state index contributed by atoms with van der Waals surface area (Å²) in [4.78, 5) is 27.4. The van der Waals surface area contributed by atoms with Crippen LogP contribution in [0.4, 0.5) is 4.39 Å². The molecular formula is C15H15FN4O2. The number of halogens is 1. The van der Waals surface area contributed by atoms with E-state index in [1.807, 2.05) is 0 Å². The summed E-state index contributed by atoms with van der Waals surface area (Å²) < 4.78 is 13.6. The van der Waals surface area contributed by atoms with Gasteiger partial charge < -0.3 is 9.80 Å². The van der Waals surface area contributed by atoms with Crippen LogP contribution in [0.15, 0.2) is 36.5 Å². The fourth-order valence-corrected chi connectivity index (χ4v) is 2.43. The first-order valence-corrected chi connectivity index (χ1v) is 6.95. The summed E-state index contributed by atoms with van der Waals surface area (Å²) in [6.07, 6.45) is 1.49. The number of carbonyl (C=O) groups excluding carboxylic acids is 2. The Kier molecular flexibility index (Phi) is 3.86. The van der Waals surface area contributed by atoms with Gasteiger partial charge in [-0.3, -0.25) is 14.7 Å². The molecule has 0 spiro atoms. The maximum atomic E-state index is 13.6. The Morgan fingerprint density at radius 1 is 1.27 bits per heavy atom. The molecule has 6 nitrogen and oxygen atoms in total. The molecule has 2 amide bonds. The van der Waals surface area contributed by atoms with Crippen molar-refractivity contribution in [3.63, 3.8) is 0 Å². The van der Waals surface area contributed by atoms with Crippen LogP contribution in [-0.4, -0.2) is 51.4 Å². The summed E-state index contributed by atoms with van der Waals surface area (Å²) >= 11 is 0. The maximum absolute atomic E-state index is 13.6. The number of hydrogen-bond donors (Lipinski definition) is 1. The number of nitrogens with one attached hydrogen (secondary N) is 1. The third-order valence-electron chi connectivity index (χ3n) is 3.66. The third-order valence-corrected chi connectivity index (χ3v) is 3.66. The highest BCUT2D eigenvalue weighted by molar-refractivity contribution is 5.95. The predicted molar refractivity (Wildman–Crippen MR) is 76.3 cm³/mol. The van der Waals surface area contributed by atoms with E-state index in [1.54, 1.807) is 29.2 Å². The molecule has 1 aromatic heterocycles. The molecule has 0 unspecified atom stereocenters. The summed E-state index contributed by atoms with van der Waals surface area (Å²) in [7, 11) is 0. The molecule has 114 valence electrons. The molecule has 0 atom stereocenters. The van der Waals surface area contributed by atoms with Crippen molar-refractivity contribution in [2.45, 2.75) is 6.54 Å². The third kappa shape index (κ3) is 2.83. The molecule has 3 rings (SSSR count). The minimum absolute atomic E-state index is 0.00763. The van der Waals surface area contributed by atoms with Gasteiger partial charge in [0.1, 0.15) is 18.1 Å². The quantitative estimate of drug-likeness (QED) is 0.921. The van der Waals surface area contributed by atoms with E-state index >= 15 is 0 Å². The lowest BCUT2D eigenvalue weighted by molar-refractivity contribution is -0.135. The van der Waals surface area contributed by atoms with Crippen molar-refractivity contribution in [1.82, 2.24) is 20.0 Å². The Hall–Kier alpha value is -2.70. The molecule has 1 N–H and O–H groups in total. The van der Waals surface area contributed by atoms with Crippen LogP contribution in [0.2, 0.25) is 0 Å². The molecule has 0 aliphatic carbocycles. The summed E-state index contributed by atoms with van der Waals surface area (Å²) in [6, 6.07) is 7.95. The van der Waals surface area contributed by atoms with Crippen molar-refractivity contribution < 1.29 is 14.0 Å². The van der Waals surface area contributed by atoms with Crippen molar-refractivity contribution in [3.05, 3.63) is 53.6 Å². The number of aromatic nitrogens is 2. The van der Waals surface area contributed by atoms with E-state index < -0.39 is 0 Å². The minimum atomic E-state index is -0.328. The molecule has 0 bridgehead atoms. The number of amides is 2. The van der Waals surface area contributed by atoms with Gasteiger partial charge in [0.05, 0.1) is 0 Å². The number of carbonyl (C=O) groups is 2. The predicted octanol–water partition coefficient (Wildman–Crippen LogP) is 1.03. The molecular weight excluding hydrogens is 287 g/mol. The second-order valence-electron chi connectivity index (χ2n) is 5.10. The molecule has 1 saturated heterocycles. The second kappa shape index (κ2) is 5.97. The van der Waals surface area contributed by atoms with Crippen LogP contribution in [0.1, 0.15) is 16.1 Å². The number of benzene rings is 1. The van der Waals surface area contributed by atoms with Crippen LogP contribution < -0.4 is 0 Å². The molecule has 0 radical (unpaired) electrons. The van der Waals surface area contributed by atoms with Crippen LogP contribution in [-0.2, 0) is 11.3 Å². The lowest BCUT2D eigenvalue weighted by Gasteiger charge is -2.34. The van der Waals surface area contributed by atoms with Crippen LogP contribution in [0, 0.1) is 5.82 Å². The lowest BCUT2D eigenvalue weighted by atomic mass is 10.1. The van der Waals surface area contributed by atoms with Gasteiger partial charge in [0, 0.05) is 31.4 Å². The lowest BCUT2D eigenvalue weighted by Crippen LogP contribution is -2.51. The van der Waals surface area contributed by atoms with Gasteiger partial charge in [0.15, 0.2) is 0 Å². The van der Waals surface area contributed by atoms with E-state index in [0.717, 1.165) is 0 Å². The van der Waals surface area contributed by atoms with Gasteiger partial charge in [-0.1, -0.05) is 18.2 Å². The second-order valence-corrected chi connectivity index (χ2v) is 5.10. The van der Waals surface area contributed by atoms with Crippen molar-refractivity contribution in [2.75, 3.05) is 19.6 Å². The smallest absolute Gasteiger partial charge is 0.272 e. The molecule has 22 heavy (non-hydrogen) atoms. The number of piperazine rings is 1. The summed E-state index contributed by atoms with van der Waals surface area (Å²) in [5, 5.41) is 6.32. The van der Waals surface area contributed by atoms with Crippen LogP contribution >= 0.6 is 0 Å². The normalized spacial score (nSPS) is 15.2. The van der Waals surface area contributed by atoms with Gasteiger partial charge in [0.25, 0.3) is 5.91 Å². The highest BCUT2D eigenvalue weighted by atomic mass is 19.1. The molecule has 1 aromatic carbocycles. The Labute approximate surface area is 126 Å². The van der Waals surface area contributed by atoms with E-state index in [2.05, 4.69) is 10.2 Å². The fraction of sp³-hybridized carbons (Fsp3) is 0.267. The Morgan fingerprint density at radius 2 is 2.09 bits per heavy atom. The van der Waals surface area contributed by atoms with E-state index in [9.17, 15) is 14.0 Å². The first kappa shape index (κ1) is 14.2. The molecule has 1 aliphatic heterocycles. The van der Waals surface area contributed by atoms with E-state index in [1.165, 1.54) is 17.2 Å². The van der Waals surface area contributed by atoms with Crippen molar-refractivity contribution in [2.24, 2.45) is 0 Å². The van der Waals surface area contributed by atoms with E-state index in [-0.39, 0.29) is 30.7 Å². The van der Waals surface area contributed by atoms with Gasteiger partial charge in [-0.2, -0.15) is 5.10 Å². The summed E-state index contributed by atoms with van der Waals surface area (Å²) in [5.41, 5.74) is 0.833. The molecule has 2 aromatic rings. The Bertz CT molecular complexity index is 687. The van der Waals surface area contributed by atoms with Crippen molar-refractivity contribution in [1.29, 1.82) is 0 Å². The average Bonchev–Trinajstić information content (AvgIpc) is 3.05. The molecule has 0 saturated carbocycles. The standard InChI is InChI=1S/C15H15FN4O2/c16-12-4-2-1-3-11(12)9-19-7-8-20(10-14(19)21)15(22)13-5-6-17-18-13/h1-6H,7-10H2,(H,17,18). The summed E-state index contributed by atoms with van der Waals surface area (Å²) in [5.74, 6) is -0.773. The zero-order valence-corrected chi connectivity index (χ0v) is 11.8. The van der Waals surface area contributed by atoms with Crippen LogP contribution in [0.25, 0.3) is 0 Å². The van der Waals surface area contributed by atoms with Crippen molar-refractivity contribution in [3.8, 4) is 0 Å². The topological polar surface area (TPSA) is 69.3 Å². The fourth-order valence-electron chi connectivity index (χ4n) is 2.43. The molecule has 2 heterocycles.